The van der Waals surface area contributed by atoms with E-state index in [0.29, 0.717) is 23.4 Å². The average molecular weight is 281 g/mol. The molecule has 4 nitrogen and oxygen atoms in total. The van der Waals surface area contributed by atoms with Crippen LogP contribution in [0.4, 0.5) is 13.2 Å². The monoisotopic (exact) mass is 280 g/mol. The molecule has 0 N–H and O–H groups in total. The predicted octanol–water partition coefficient (Wildman–Crippen LogP) is 2.86. The van der Waals surface area contributed by atoms with Crippen molar-refractivity contribution in [1.82, 2.24) is 19.3 Å². The molecule has 0 spiro atoms. The molecule has 2 aromatic heterocycles. The summed E-state index contributed by atoms with van der Waals surface area (Å²) in [6.45, 7) is 2.92. The van der Waals surface area contributed by atoms with E-state index in [9.17, 15) is 13.2 Å². The molecule has 0 saturated heterocycles. The van der Waals surface area contributed by atoms with Crippen LogP contribution < -0.4 is 0 Å². The third-order valence-electron chi connectivity index (χ3n) is 2.63. The molecule has 2 heterocycles. The Bertz CT molecular complexity index is 570. The maximum Gasteiger partial charge on any atom is 0.406 e. The highest BCUT2D eigenvalue weighted by atomic mass is 35.5. The Balaban J connectivity index is 2.67. The summed E-state index contributed by atoms with van der Waals surface area (Å²) < 4.78 is 40.4. The van der Waals surface area contributed by atoms with Gasteiger partial charge < -0.3 is 4.57 Å². The lowest BCUT2D eigenvalue weighted by Gasteiger charge is -2.11. The second kappa shape index (κ2) is 4.46. The molecule has 0 aliphatic heterocycles. The minimum atomic E-state index is -4.31. The van der Waals surface area contributed by atoms with E-state index in [-0.39, 0.29) is 11.7 Å². The first-order chi connectivity index (χ1) is 8.37. The van der Waals surface area contributed by atoms with Gasteiger partial charge in [0.15, 0.2) is 5.65 Å². The van der Waals surface area contributed by atoms with E-state index in [2.05, 4.69) is 10.1 Å². The molecule has 0 aliphatic rings. The third kappa shape index (κ3) is 2.19. The molecule has 8 heteroatoms. The Morgan fingerprint density at radius 2 is 2.00 bits per heavy atom. The summed E-state index contributed by atoms with van der Waals surface area (Å²) in [5.74, 6) is 0.153. The molecule has 0 amide bonds. The van der Waals surface area contributed by atoms with Crippen molar-refractivity contribution in [3.05, 3.63) is 11.5 Å². The first-order valence-electron chi connectivity index (χ1n) is 5.42. The highest BCUT2D eigenvalue weighted by Gasteiger charge is 2.31. The number of aromatic nitrogens is 4. The highest BCUT2D eigenvalue weighted by molar-refractivity contribution is 6.16. The lowest BCUT2D eigenvalue weighted by molar-refractivity contribution is -0.140. The predicted molar refractivity (Wildman–Crippen MR) is 61.5 cm³/mol. The van der Waals surface area contributed by atoms with Gasteiger partial charge in [-0.25, -0.2) is 9.67 Å². The van der Waals surface area contributed by atoms with Crippen LogP contribution in [0.2, 0.25) is 0 Å². The zero-order chi connectivity index (χ0) is 13.5. The van der Waals surface area contributed by atoms with Gasteiger partial charge >= 0.3 is 6.18 Å². The summed E-state index contributed by atoms with van der Waals surface area (Å²) in [5, 5.41) is 4.16. The summed E-state index contributed by atoms with van der Waals surface area (Å²) in [7, 11) is 0. The molecule has 0 bridgehead atoms. The third-order valence-corrected chi connectivity index (χ3v) is 2.87. The number of aryl methyl sites for hydroxylation is 2. The van der Waals surface area contributed by atoms with Gasteiger partial charge in [0.2, 0.25) is 0 Å². The van der Waals surface area contributed by atoms with Crippen molar-refractivity contribution in [2.24, 2.45) is 0 Å². The van der Waals surface area contributed by atoms with Gasteiger partial charge in [-0.1, -0.05) is 0 Å². The van der Waals surface area contributed by atoms with Crippen molar-refractivity contribution in [1.29, 1.82) is 0 Å². The molecule has 0 radical (unpaired) electrons. The number of alkyl halides is 4. The Morgan fingerprint density at radius 3 is 2.50 bits per heavy atom. The lowest BCUT2D eigenvalue weighted by Crippen LogP contribution is -2.20. The van der Waals surface area contributed by atoms with Crippen molar-refractivity contribution in [2.75, 3.05) is 0 Å². The molecular formula is C10H12ClF3N4. The first kappa shape index (κ1) is 13.2. The van der Waals surface area contributed by atoms with E-state index in [4.69, 9.17) is 11.6 Å². The minimum absolute atomic E-state index is 0.0616. The van der Waals surface area contributed by atoms with Crippen molar-refractivity contribution in [3.8, 4) is 0 Å². The Morgan fingerprint density at radius 1 is 1.33 bits per heavy atom. The number of hydrogen-bond acceptors (Lipinski definition) is 2. The van der Waals surface area contributed by atoms with Crippen LogP contribution in [0.15, 0.2) is 0 Å². The quantitative estimate of drug-likeness (QED) is 0.811. The standard InChI is InChI=1S/C10H12ClF3N4/c1-3-18-9-8(6(2)16-18)15-7(4-11)17(9)5-10(12,13)14/h3-5H2,1-2H3. The fourth-order valence-electron chi connectivity index (χ4n) is 1.94. The lowest BCUT2D eigenvalue weighted by atomic mass is 10.4. The van der Waals surface area contributed by atoms with Gasteiger partial charge in [-0.05, 0) is 13.8 Å². The van der Waals surface area contributed by atoms with Crippen LogP contribution >= 0.6 is 11.6 Å². The van der Waals surface area contributed by atoms with E-state index < -0.39 is 12.7 Å². The highest BCUT2D eigenvalue weighted by Crippen LogP contribution is 2.25. The number of imidazole rings is 1. The smallest absolute Gasteiger partial charge is 0.303 e. The minimum Gasteiger partial charge on any atom is -0.303 e. The summed E-state index contributed by atoms with van der Waals surface area (Å²) in [6, 6.07) is 0. The number of hydrogen-bond donors (Lipinski definition) is 0. The summed E-state index contributed by atoms with van der Waals surface area (Å²) in [6.07, 6.45) is -4.31. The van der Waals surface area contributed by atoms with E-state index in [0.717, 1.165) is 4.57 Å². The van der Waals surface area contributed by atoms with Crippen molar-refractivity contribution in [2.45, 2.75) is 39.0 Å². The second-order valence-corrected chi connectivity index (χ2v) is 4.20. The van der Waals surface area contributed by atoms with E-state index in [1.54, 1.807) is 6.92 Å². The van der Waals surface area contributed by atoms with Gasteiger partial charge in [-0.2, -0.15) is 18.3 Å². The first-order valence-corrected chi connectivity index (χ1v) is 5.96. The van der Waals surface area contributed by atoms with Crippen LogP contribution in [0.5, 0.6) is 0 Å². The molecule has 0 atom stereocenters. The van der Waals surface area contributed by atoms with Crippen LogP contribution in [0, 0.1) is 6.92 Å². The zero-order valence-corrected chi connectivity index (χ0v) is 10.7. The Hall–Kier alpha value is -1.24. The Kier molecular flexibility index (Phi) is 3.27. The van der Waals surface area contributed by atoms with Gasteiger partial charge in [0, 0.05) is 6.54 Å². The van der Waals surface area contributed by atoms with Crippen molar-refractivity contribution in [3.63, 3.8) is 0 Å². The molecule has 0 fully saturated rings. The normalized spacial score (nSPS) is 12.6. The number of nitrogens with zero attached hydrogens (tertiary/aromatic N) is 4. The van der Waals surface area contributed by atoms with E-state index in [1.165, 1.54) is 4.68 Å². The number of rotatable bonds is 3. The number of halogens is 4. The van der Waals surface area contributed by atoms with Gasteiger partial charge in [0.1, 0.15) is 17.9 Å². The molecule has 0 aliphatic carbocycles. The van der Waals surface area contributed by atoms with Crippen LogP contribution in [-0.4, -0.2) is 25.5 Å². The summed E-state index contributed by atoms with van der Waals surface area (Å²) >= 11 is 5.66. The molecule has 0 saturated carbocycles. The second-order valence-electron chi connectivity index (χ2n) is 3.94. The topological polar surface area (TPSA) is 35.6 Å². The SMILES string of the molecule is CCn1nc(C)c2nc(CCl)n(CC(F)(F)F)c21. The molecular weight excluding hydrogens is 269 g/mol. The van der Waals surface area contributed by atoms with Gasteiger partial charge in [0.05, 0.1) is 11.6 Å². The van der Waals surface area contributed by atoms with Gasteiger partial charge in [0.25, 0.3) is 0 Å². The van der Waals surface area contributed by atoms with Crippen LogP contribution in [-0.2, 0) is 19.0 Å². The Labute approximate surface area is 106 Å². The van der Waals surface area contributed by atoms with Gasteiger partial charge in [-0.15, -0.1) is 11.6 Å². The number of fused-ring (bicyclic) bond motifs is 1. The molecule has 18 heavy (non-hydrogen) atoms. The van der Waals surface area contributed by atoms with E-state index in [1.807, 2.05) is 6.92 Å². The summed E-state index contributed by atoms with van der Waals surface area (Å²) in [4.78, 5) is 4.13. The van der Waals surface area contributed by atoms with Crippen molar-refractivity contribution < 1.29 is 13.2 Å². The molecule has 0 aromatic carbocycles. The van der Waals surface area contributed by atoms with Crippen LogP contribution in [0.25, 0.3) is 11.2 Å². The molecule has 2 aromatic rings. The van der Waals surface area contributed by atoms with Crippen LogP contribution in [0.1, 0.15) is 18.4 Å². The van der Waals surface area contributed by atoms with Gasteiger partial charge in [-0.3, -0.25) is 0 Å². The molecule has 100 valence electrons. The van der Waals surface area contributed by atoms with E-state index >= 15 is 0 Å². The zero-order valence-electron chi connectivity index (χ0n) is 9.92. The average Bonchev–Trinajstić information content (AvgIpc) is 2.76. The van der Waals surface area contributed by atoms with Crippen molar-refractivity contribution >= 4 is 22.8 Å². The largest absolute Gasteiger partial charge is 0.406 e. The molecule has 2 rings (SSSR count). The summed E-state index contributed by atoms with van der Waals surface area (Å²) in [5.41, 5.74) is 1.47. The maximum absolute atomic E-state index is 12.6. The maximum atomic E-state index is 12.6. The van der Waals surface area contributed by atoms with Crippen LogP contribution in [0.3, 0.4) is 0 Å². The fraction of sp³-hybridized carbons (Fsp3) is 0.600. The fourth-order valence-corrected chi connectivity index (χ4v) is 2.14. The molecule has 0 unspecified atom stereocenters.